The van der Waals surface area contributed by atoms with Crippen LogP contribution in [0.4, 0.5) is 10.6 Å². The number of hydrogen-bond acceptors (Lipinski definition) is 6. The van der Waals surface area contributed by atoms with Crippen molar-refractivity contribution in [3.05, 3.63) is 94.4 Å². The molecule has 1 saturated heterocycles. The zero-order valence-corrected chi connectivity index (χ0v) is 16.9. The molecule has 1 aliphatic rings. The number of nitro groups is 1. The number of nitrogens with zero attached hydrogens (tertiary/aromatic N) is 4. The van der Waals surface area contributed by atoms with Crippen LogP contribution in [0.5, 0.6) is 0 Å². The van der Waals surface area contributed by atoms with E-state index in [-0.39, 0.29) is 0 Å². The molecule has 1 fully saturated rings. The maximum atomic E-state index is 13.9. The Hall–Kier alpha value is -4.01. The predicted molar refractivity (Wildman–Crippen MR) is 110 cm³/mol. The Morgan fingerprint density at radius 3 is 2.32 bits per heavy atom. The largest absolute Gasteiger partial charge is 0.439 e. The van der Waals surface area contributed by atoms with Gasteiger partial charge in [-0.25, -0.2) is 9.69 Å². The summed E-state index contributed by atoms with van der Waals surface area (Å²) in [7, 11) is 0. The summed E-state index contributed by atoms with van der Waals surface area (Å²) < 4.78 is 6.90. The van der Waals surface area contributed by atoms with Gasteiger partial charge in [0, 0.05) is 0 Å². The fraction of sp³-hybridized carbons (Fsp3) is 0.227. The minimum atomic E-state index is -1.46. The fourth-order valence-corrected chi connectivity index (χ4v) is 3.85. The molecule has 0 bridgehead atoms. The van der Waals surface area contributed by atoms with Gasteiger partial charge in [-0.05, 0) is 34.9 Å². The van der Waals surface area contributed by atoms with Crippen molar-refractivity contribution in [1.29, 1.82) is 0 Å². The van der Waals surface area contributed by atoms with Crippen LogP contribution in [0.3, 0.4) is 0 Å². The molecule has 0 saturated carbocycles. The third kappa shape index (κ3) is 3.33. The van der Waals surface area contributed by atoms with E-state index in [1.165, 1.54) is 17.1 Å². The number of hydrogen-bond donors (Lipinski definition) is 0. The first kappa shape index (κ1) is 20.3. The topological polar surface area (TPSA) is 108 Å². The van der Waals surface area contributed by atoms with Gasteiger partial charge in [-0.2, -0.15) is 0 Å². The average Bonchev–Trinajstić information content (AvgIpc) is 3.39. The number of amides is 2. The molecule has 2 amide bonds. The van der Waals surface area contributed by atoms with Crippen LogP contribution in [0.15, 0.2) is 73.2 Å². The van der Waals surface area contributed by atoms with Crippen molar-refractivity contribution >= 4 is 17.8 Å². The van der Waals surface area contributed by atoms with Crippen LogP contribution in [0.25, 0.3) is 0 Å². The van der Waals surface area contributed by atoms with Gasteiger partial charge < -0.3 is 14.9 Å². The highest BCUT2D eigenvalue weighted by molar-refractivity contribution is 5.99. The van der Waals surface area contributed by atoms with Crippen molar-refractivity contribution in [1.82, 2.24) is 14.5 Å². The van der Waals surface area contributed by atoms with Crippen LogP contribution in [0.2, 0.25) is 0 Å². The second-order valence-electron chi connectivity index (χ2n) is 7.47. The summed E-state index contributed by atoms with van der Waals surface area (Å²) >= 11 is 0. The van der Waals surface area contributed by atoms with E-state index in [4.69, 9.17) is 4.74 Å². The Balaban J connectivity index is 1.77. The summed E-state index contributed by atoms with van der Waals surface area (Å²) in [4.78, 5) is 42.0. The van der Waals surface area contributed by atoms with Crippen molar-refractivity contribution < 1.29 is 19.2 Å². The van der Waals surface area contributed by atoms with Crippen LogP contribution in [0.1, 0.15) is 31.1 Å². The van der Waals surface area contributed by atoms with Crippen molar-refractivity contribution in [3.63, 3.8) is 0 Å². The molecule has 0 unspecified atom stereocenters. The molecule has 4 rings (SSSR count). The number of carbonyl (C=O) groups is 2. The van der Waals surface area contributed by atoms with Gasteiger partial charge in [0.05, 0.1) is 6.04 Å². The monoisotopic (exact) mass is 420 g/mol. The number of aromatic nitrogens is 2. The Kier molecular flexibility index (Phi) is 5.02. The standard InChI is InChI=1S/C22H20N4O5/c1-15-19(16-9-5-3-6-10-16)31-21(28)25(15)20(27)22(2,17-11-7-4-8-12-17)24-13-18(23-14-24)26(29)30/h3-15,19H,1-2H3/t15-,19-,22+/m1/s1. The SMILES string of the molecule is C[C@@H]1[C@H](c2ccccc2)OC(=O)N1C(=O)[C@](C)(c1ccccc1)n1cnc([N+](=O)[O-])c1. The smallest absolute Gasteiger partial charge is 0.417 e. The third-order valence-corrected chi connectivity index (χ3v) is 5.64. The number of rotatable bonds is 5. The van der Waals surface area contributed by atoms with E-state index in [0.29, 0.717) is 5.56 Å². The molecule has 0 radical (unpaired) electrons. The molecule has 31 heavy (non-hydrogen) atoms. The Bertz CT molecular complexity index is 1130. The van der Waals surface area contributed by atoms with Crippen LogP contribution in [0, 0.1) is 10.1 Å². The normalized spacial score (nSPS) is 20.2. The van der Waals surface area contributed by atoms with Gasteiger partial charge in [-0.1, -0.05) is 60.7 Å². The lowest BCUT2D eigenvalue weighted by atomic mass is 9.89. The summed E-state index contributed by atoms with van der Waals surface area (Å²) in [5.41, 5.74) is -0.129. The molecule has 9 nitrogen and oxygen atoms in total. The van der Waals surface area contributed by atoms with Gasteiger partial charge in [-0.3, -0.25) is 9.36 Å². The van der Waals surface area contributed by atoms with Gasteiger partial charge in [0.1, 0.15) is 17.8 Å². The first-order valence-corrected chi connectivity index (χ1v) is 9.67. The van der Waals surface area contributed by atoms with Crippen LogP contribution in [-0.4, -0.2) is 37.4 Å². The van der Waals surface area contributed by atoms with Crippen molar-refractivity contribution in [2.24, 2.45) is 0 Å². The first-order chi connectivity index (χ1) is 14.8. The lowest BCUT2D eigenvalue weighted by molar-refractivity contribution is -0.389. The number of cyclic esters (lactones) is 1. The number of imide groups is 1. The molecular weight excluding hydrogens is 400 g/mol. The van der Waals surface area contributed by atoms with E-state index >= 15 is 0 Å². The second-order valence-corrected chi connectivity index (χ2v) is 7.47. The summed E-state index contributed by atoms with van der Waals surface area (Å²) in [6.07, 6.45) is 1.04. The maximum absolute atomic E-state index is 13.9. The third-order valence-electron chi connectivity index (χ3n) is 5.64. The van der Waals surface area contributed by atoms with Crippen LogP contribution in [-0.2, 0) is 15.1 Å². The summed E-state index contributed by atoms with van der Waals surface area (Å²) in [6, 6.07) is 17.4. The molecule has 3 aromatic rings. The Labute approximate surface area is 178 Å². The minimum Gasteiger partial charge on any atom is -0.439 e. The zero-order valence-electron chi connectivity index (χ0n) is 16.9. The highest BCUT2D eigenvalue weighted by atomic mass is 16.6. The highest BCUT2D eigenvalue weighted by Gasteiger charge is 2.51. The number of carbonyl (C=O) groups excluding carboxylic acids is 2. The molecule has 1 aromatic heterocycles. The minimum absolute atomic E-state index is 0.394. The van der Waals surface area contributed by atoms with E-state index in [2.05, 4.69) is 4.98 Å². The molecular formula is C22H20N4O5. The van der Waals surface area contributed by atoms with E-state index in [1.54, 1.807) is 44.2 Å². The predicted octanol–water partition coefficient (Wildman–Crippen LogP) is 3.66. The fourth-order valence-electron chi connectivity index (χ4n) is 3.85. The van der Waals surface area contributed by atoms with Crippen molar-refractivity contribution in [2.45, 2.75) is 31.5 Å². The average molecular weight is 420 g/mol. The molecule has 0 N–H and O–H groups in total. The Morgan fingerprint density at radius 2 is 1.74 bits per heavy atom. The van der Waals surface area contributed by atoms with Crippen molar-refractivity contribution in [3.8, 4) is 0 Å². The number of benzene rings is 2. The molecule has 0 spiro atoms. The van der Waals surface area contributed by atoms with E-state index in [1.807, 2.05) is 30.3 Å². The zero-order chi connectivity index (χ0) is 22.2. The van der Waals surface area contributed by atoms with E-state index in [0.717, 1.165) is 10.5 Å². The Morgan fingerprint density at radius 1 is 1.13 bits per heavy atom. The highest BCUT2D eigenvalue weighted by Crippen LogP contribution is 2.37. The molecule has 3 atom stereocenters. The van der Waals surface area contributed by atoms with Gasteiger partial charge in [0.25, 0.3) is 5.91 Å². The lowest BCUT2D eigenvalue weighted by Gasteiger charge is -2.33. The number of imidazole rings is 1. The van der Waals surface area contributed by atoms with E-state index < -0.39 is 40.4 Å². The van der Waals surface area contributed by atoms with E-state index in [9.17, 15) is 19.7 Å². The summed E-state index contributed by atoms with van der Waals surface area (Å²) in [5.74, 6) is -0.962. The molecule has 0 aliphatic carbocycles. The quantitative estimate of drug-likeness (QED) is 0.460. The number of ether oxygens (including phenoxy) is 1. The van der Waals surface area contributed by atoms with Crippen molar-refractivity contribution in [2.75, 3.05) is 0 Å². The molecule has 9 heteroatoms. The second kappa shape index (κ2) is 7.67. The first-order valence-electron chi connectivity index (χ1n) is 9.67. The summed E-state index contributed by atoms with van der Waals surface area (Å²) in [5, 5.41) is 11.2. The maximum Gasteiger partial charge on any atom is 0.417 e. The van der Waals surface area contributed by atoms with Gasteiger partial charge in [-0.15, -0.1) is 0 Å². The van der Waals surface area contributed by atoms with Gasteiger partial charge in [0.15, 0.2) is 0 Å². The lowest BCUT2D eigenvalue weighted by Crippen LogP contribution is -2.52. The summed E-state index contributed by atoms with van der Waals surface area (Å²) in [6.45, 7) is 3.34. The molecule has 2 heterocycles. The van der Waals surface area contributed by atoms with Crippen LogP contribution < -0.4 is 0 Å². The van der Waals surface area contributed by atoms with Gasteiger partial charge in [0.2, 0.25) is 6.33 Å². The molecule has 158 valence electrons. The molecule has 2 aromatic carbocycles. The van der Waals surface area contributed by atoms with Crippen LogP contribution >= 0.6 is 0 Å². The molecule has 1 aliphatic heterocycles. The van der Waals surface area contributed by atoms with Gasteiger partial charge >= 0.3 is 11.9 Å².